The monoisotopic (exact) mass is 229 g/mol. The molecular formula is C14H12FNO. The molecule has 0 saturated carbocycles. The molecule has 0 aliphatic carbocycles. The number of carbonyl (C=O) groups excluding carboxylic acids is 1. The Bertz CT molecular complexity index is 517. The van der Waals surface area contributed by atoms with Crippen LogP contribution in [0.1, 0.15) is 21.5 Å². The van der Waals surface area contributed by atoms with Crippen LogP contribution >= 0.6 is 0 Å². The summed E-state index contributed by atoms with van der Waals surface area (Å²) in [6.45, 7) is 0.449. The summed E-state index contributed by atoms with van der Waals surface area (Å²) in [5.74, 6) is -0.464. The Morgan fingerprint density at radius 3 is 1.88 bits per heavy atom. The SMILES string of the molecule is NCc1ccc(C(=O)c2ccc(F)cc2)cc1. The van der Waals surface area contributed by atoms with Crippen molar-refractivity contribution in [3.8, 4) is 0 Å². The first kappa shape index (κ1) is 11.5. The van der Waals surface area contributed by atoms with Crippen LogP contribution in [-0.2, 0) is 6.54 Å². The maximum Gasteiger partial charge on any atom is 0.193 e. The zero-order valence-electron chi connectivity index (χ0n) is 9.19. The average Bonchev–Trinajstić information content (AvgIpc) is 2.39. The molecule has 2 aromatic rings. The number of benzene rings is 2. The molecule has 0 unspecified atom stereocenters. The summed E-state index contributed by atoms with van der Waals surface area (Å²) in [6, 6.07) is 12.6. The fourth-order valence-electron chi connectivity index (χ4n) is 1.56. The first-order valence-corrected chi connectivity index (χ1v) is 5.30. The van der Waals surface area contributed by atoms with E-state index in [1.165, 1.54) is 24.3 Å². The molecule has 2 rings (SSSR count). The van der Waals surface area contributed by atoms with Gasteiger partial charge in [0.05, 0.1) is 0 Å². The van der Waals surface area contributed by atoms with Gasteiger partial charge in [-0.25, -0.2) is 4.39 Å². The maximum absolute atomic E-state index is 12.7. The number of hydrogen-bond donors (Lipinski definition) is 1. The number of halogens is 1. The predicted octanol–water partition coefficient (Wildman–Crippen LogP) is 2.52. The third-order valence-corrected chi connectivity index (χ3v) is 2.56. The third kappa shape index (κ3) is 2.57. The summed E-state index contributed by atoms with van der Waals surface area (Å²) in [5.41, 5.74) is 7.51. The van der Waals surface area contributed by atoms with Crippen LogP contribution in [0.5, 0.6) is 0 Å². The van der Waals surface area contributed by atoms with E-state index >= 15 is 0 Å². The summed E-state index contributed by atoms with van der Waals surface area (Å²) >= 11 is 0. The van der Waals surface area contributed by atoms with Gasteiger partial charge in [-0.15, -0.1) is 0 Å². The maximum atomic E-state index is 12.7. The number of rotatable bonds is 3. The minimum absolute atomic E-state index is 0.117. The molecule has 0 radical (unpaired) electrons. The minimum Gasteiger partial charge on any atom is -0.326 e. The van der Waals surface area contributed by atoms with Gasteiger partial charge in [0.15, 0.2) is 5.78 Å². The van der Waals surface area contributed by atoms with Gasteiger partial charge in [-0.05, 0) is 29.8 Å². The second-order valence-electron chi connectivity index (χ2n) is 3.74. The van der Waals surface area contributed by atoms with E-state index in [9.17, 15) is 9.18 Å². The molecular weight excluding hydrogens is 217 g/mol. The van der Waals surface area contributed by atoms with E-state index in [1.807, 2.05) is 12.1 Å². The van der Waals surface area contributed by atoms with Crippen LogP contribution in [0.3, 0.4) is 0 Å². The molecule has 0 atom stereocenters. The van der Waals surface area contributed by atoms with Crippen molar-refractivity contribution in [1.29, 1.82) is 0 Å². The Labute approximate surface area is 98.9 Å². The first-order chi connectivity index (χ1) is 8.20. The van der Waals surface area contributed by atoms with Crippen molar-refractivity contribution in [2.45, 2.75) is 6.54 Å². The Hall–Kier alpha value is -2.00. The van der Waals surface area contributed by atoms with Crippen molar-refractivity contribution in [2.24, 2.45) is 5.73 Å². The van der Waals surface area contributed by atoms with E-state index in [-0.39, 0.29) is 11.6 Å². The molecule has 2 N–H and O–H groups in total. The Balaban J connectivity index is 2.27. The van der Waals surface area contributed by atoms with Gasteiger partial charge in [-0.3, -0.25) is 4.79 Å². The zero-order valence-corrected chi connectivity index (χ0v) is 9.19. The molecule has 3 heteroatoms. The van der Waals surface area contributed by atoms with Crippen LogP contribution in [0.2, 0.25) is 0 Å². The highest BCUT2D eigenvalue weighted by molar-refractivity contribution is 6.08. The third-order valence-electron chi connectivity index (χ3n) is 2.56. The second kappa shape index (κ2) is 4.89. The van der Waals surface area contributed by atoms with E-state index in [4.69, 9.17) is 5.73 Å². The van der Waals surface area contributed by atoms with Gasteiger partial charge < -0.3 is 5.73 Å². The fourth-order valence-corrected chi connectivity index (χ4v) is 1.56. The van der Waals surface area contributed by atoms with Crippen LogP contribution in [0.25, 0.3) is 0 Å². The van der Waals surface area contributed by atoms with Crippen molar-refractivity contribution in [3.63, 3.8) is 0 Å². The van der Waals surface area contributed by atoms with Crippen LogP contribution < -0.4 is 5.73 Å². The first-order valence-electron chi connectivity index (χ1n) is 5.30. The van der Waals surface area contributed by atoms with E-state index < -0.39 is 0 Å². The zero-order chi connectivity index (χ0) is 12.3. The molecule has 0 saturated heterocycles. The lowest BCUT2D eigenvalue weighted by molar-refractivity contribution is 0.103. The number of hydrogen-bond acceptors (Lipinski definition) is 2. The van der Waals surface area contributed by atoms with E-state index in [0.29, 0.717) is 17.7 Å². The van der Waals surface area contributed by atoms with Gasteiger partial charge in [0.25, 0.3) is 0 Å². The van der Waals surface area contributed by atoms with Gasteiger partial charge in [0, 0.05) is 17.7 Å². The van der Waals surface area contributed by atoms with Crippen LogP contribution in [-0.4, -0.2) is 5.78 Å². The highest BCUT2D eigenvalue weighted by atomic mass is 19.1. The quantitative estimate of drug-likeness (QED) is 0.822. The molecule has 0 fully saturated rings. The van der Waals surface area contributed by atoms with Crippen LogP contribution in [0.4, 0.5) is 4.39 Å². The number of nitrogens with two attached hydrogens (primary N) is 1. The van der Waals surface area contributed by atoms with E-state index in [0.717, 1.165) is 5.56 Å². The summed E-state index contributed by atoms with van der Waals surface area (Å²) in [4.78, 5) is 12.0. The minimum atomic E-state index is -0.347. The molecule has 17 heavy (non-hydrogen) atoms. The largest absolute Gasteiger partial charge is 0.326 e. The highest BCUT2D eigenvalue weighted by Crippen LogP contribution is 2.11. The fraction of sp³-hybridized carbons (Fsp3) is 0.0714. The summed E-state index contributed by atoms with van der Waals surface area (Å²) in [5, 5.41) is 0. The summed E-state index contributed by atoms with van der Waals surface area (Å²) < 4.78 is 12.7. The Kier molecular flexibility index (Phi) is 3.30. The standard InChI is InChI=1S/C14H12FNO/c15-13-7-5-12(6-8-13)14(17)11-3-1-10(9-16)2-4-11/h1-8H,9,16H2. The molecule has 2 aromatic carbocycles. The average molecular weight is 229 g/mol. The molecule has 0 aliphatic heterocycles. The van der Waals surface area contributed by atoms with Crippen molar-refractivity contribution in [2.75, 3.05) is 0 Å². The molecule has 0 bridgehead atoms. The molecule has 0 aromatic heterocycles. The van der Waals surface area contributed by atoms with Gasteiger partial charge in [-0.1, -0.05) is 24.3 Å². The van der Waals surface area contributed by atoms with E-state index in [2.05, 4.69) is 0 Å². The van der Waals surface area contributed by atoms with Gasteiger partial charge in [-0.2, -0.15) is 0 Å². The topological polar surface area (TPSA) is 43.1 Å². The molecule has 0 spiro atoms. The van der Waals surface area contributed by atoms with Crippen molar-refractivity contribution in [1.82, 2.24) is 0 Å². The summed E-state index contributed by atoms with van der Waals surface area (Å²) in [7, 11) is 0. The Morgan fingerprint density at radius 1 is 0.941 bits per heavy atom. The van der Waals surface area contributed by atoms with Gasteiger partial charge in [0.1, 0.15) is 5.82 Å². The predicted molar refractivity (Wildman–Crippen MR) is 64.2 cm³/mol. The van der Waals surface area contributed by atoms with Crippen LogP contribution in [0, 0.1) is 5.82 Å². The normalized spacial score (nSPS) is 10.2. The highest BCUT2D eigenvalue weighted by Gasteiger charge is 2.08. The molecule has 2 nitrogen and oxygen atoms in total. The number of ketones is 1. The lowest BCUT2D eigenvalue weighted by Crippen LogP contribution is -2.02. The lowest BCUT2D eigenvalue weighted by Gasteiger charge is -2.02. The number of carbonyl (C=O) groups is 1. The Morgan fingerprint density at radius 2 is 1.41 bits per heavy atom. The van der Waals surface area contributed by atoms with Crippen molar-refractivity contribution >= 4 is 5.78 Å². The molecule has 0 aliphatic rings. The second-order valence-corrected chi connectivity index (χ2v) is 3.74. The van der Waals surface area contributed by atoms with Crippen molar-refractivity contribution in [3.05, 3.63) is 71.0 Å². The smallest absolute Gasteiger partial charge is 0.193 e. The van der Waals surface area contributed by atoms with Crippen molar-refractivity contribution < 1.29 is 9.18 Å². The van der Waals surface area contributed by atoms with Gasteiger partial charge >= 0.3 is 0 Å². The lowest BCUT2D eigenvalue weighted by atomic mass is 10.0. The molecule has 0 amide bonds. The van der Waals surface area contributed by atoms with Crippen LogP contribution in [0.15, 0.2) is 48.5 Å². The van der Waals surface area contributed by atoms with E-state index in [1.54, 1.807) is 12.1 Å². The molecule has 86 valence electrons. The molecule has 0 heterocycles. The summed E-state index contributed by atoms with van der Waals surface area (Å²) in [6.07, 6.45) is 0. The van der Waals surface area contributed by atoms with Gasteiger partial charge in [0.2, 0.25) is 0 Å².